The summed E-state index contributed by atoms with van der Waals surface area (Å²) in [6.07, 6.45) is 1.41. The van der Waals surface area contributed by atoms with Gasteiger partial charge in [-0.05, 0) is 49.4 Å². The van der Waals surface area contributed by atoms with Gasteiger partial charge in [-0.25, -0.2) is 21.8 Å². The van der Waals surface area contributed by atoms with Gasteiger partial charge in [-0.15, -0.1) is 6.58 Å². The van der Waals surface area contributed by atoms with Crippen LogP contribution in [0.25, 0.3) is 0 Å². The standard InChI is InChI=1S/C24H24Cl2N4O5S4/c1-3-21(30-10-12-36-13-11-30)38(32,33)23-15(2)27-24(37-23)28-22(31)19-14-17(26)6-9-20(19)29-39(34,35)18-7-4-16(25)5-8-18/h3-9,14,21,29H,1,10-13H2,2H3,(H,27,28,31). The molecule has 2 aromatic carbocycles. The number of aryl methyl sites for hydroxylation is 1. The number of hydrogen-bond donors (Lipinski definition) is 2. The molecule has 0 spiro atoms. The number of aromatic nitrogens is 1. The number of hydrogen-bond acceptors (Lipinski definition) is 9. The van der Waals surface area contributed by atoms with Gasteiger partial charge in [-0.1, -0.05) is 40.6 Å². The van der Waals surface area contributed by atoms with Crippen LogP contribution in [0.4, 0.5) is 10.8 Å². The number of benzene rings is 2. The number of thiazole rings is 1. The minimum absolute atomic E-state index is 0.0238. The molecule has 15 heteroatoms. The fourth-order valence-electron chi connectivity index (χ4n) is 3.89. The summed E-state index contributed by atoms with van der Waals surface area (Å²) in [6.45, 7) is 6.52. The van der Waals surface area contributed by atoms with Crippen molar-refractivity contribution in [3.63, 3.8) is 0 Å². The maximum Gasteiger partial charge on any atom is 0.261 e. The molecule has 1 aliphatic heterocycles. The molecule has 3 aromatic rings. The van der Waals surface area contributed by atoms with E-state index >= 15 is 0 Å². The summed E-state index contributed by atoms with van der Waals surface area (Å²) in [5.41, 5.74) is 0.137. The van der Waals surface area contributed by atoms with E-state index < -0.39 is 31.1 Å². The van der Waals surface area contributed by atoms with E-state index in [-0.39, 0.29) is 36.2 Å². The quantitative estimate of drug-likeness (QED) is 0.306. The molecule has 9 nitrogen and oxygen atoms in total. The topological polar surface area (TPSA) is 126 Å². The SMILES string of the molecule is C=CC(N1CCSCC1)S(=O)(=O)c1sc(NC(=O)c2cc(Cl)ccc2NS(=O)(=O)c2ccc(Cl)cc2)nc1C. The fourth-order valence-corrected chi connectivity index (χ4v) is 9.42. The lowest BCUT2D eigenvalue weighted by Crippen LogP contribution is -2.44. The van der Waals surface area contributed by atoms with Crippen LogP contribution in [-0.2, 0) is 19.9 Å². The van der Waals surface area contributed by atoms with Crippen molar-refractivity contribution in [2.45, 2.75) is 21.4 Å². The van der Waals surface area contributed by atoms with Gasteiger partial charge >= 0.3 is 0 Å². The highest BCUT2D eigenvalue weighted by atomic mass is 35.5. The molecule has 2 N–H and O–H groups in total. The van der Waals surface area contributed by atoms with Gasteiger partial charge in [0.2, 0.25) is 9.84 Å². The maximum atomic E-state index is 13.5. The molecule has 208 valence electrons. The van der Waals surface area contributed by atoms with E-state index in [1.807, 2.05) is 4.90 Å². The Morgan fingerprint density at radius 3 is 2.36 bits per heavy atom. The van der Waals surface area contributed by atoms with Crippen LogP contribution in [0.1, 0.15) is 16.1 Å². The first-order valence-electron chi connectivity index (χ1n) is 11.5. The predicted octanol–water partition coefficient (Wildman–Crippen LogP) is 5.15. The summed E-state index contributed by atoms with van der Waals surface area (Å²) in [5, 5.41) is 2.27. The summed E-state index contributed by atoms with van der Waals surface area (Å²) in [7, 11) is -7.91. The maximum absolute atomic E-state index is 13.5. The molecular formula is C24H24Cl2N4O5S4. The number of sulfone groups is 1. The zero-order valence-electron chi connectivity index (χ0n) is 20.6. The van der Waals surface area contributed by atoms with Gasteiger partial charge in [-0.3, -0.25) is 19.7 Å². The Balaban J connectivity index is 1.59. The van der Waals surface area contributed by atoms with Crippen LogP contribution >= 0.6 is 46.3 Å². The monoisotopic (exact) mass is 646 g/mol. The van der Waals surface area contributed by atoms with Gasteiger partial charge in [0.1, 0.15) is 9.58 Å². The Morgan fingerprint density at radius 2 is 1.72 bits per heavy atom. The second-order valence-corrected chi connectivity index (χ2v) is 15.4. The molecule has 1 aliphatic rings. The summed E-state index contributed by atoms with van der Waals surface area (Å²) in [5.74, 6) is 0.927. The molecular weight excluding hydrogens is 623 g/mol. The van der Waals surface area contributed by atoms with Crippen molar-refractivity contribution in [3.8, 4) is 0 Å². The van der Waals surface area contributed by atoms with Gasteiger partial charge < -0.3 is 0 Å². The third-order valence-electron chi connectivity index (χ3n) is 5.75. The van der Waals surface area contributed by atoms with Gasteiger partial charge in [0, 0.05) is 34.6 Å². The van der Waals surface area contributed by atoms with Crippen LogP contribution in [0.2, 0.25) is 10.0 Å². The lowest BCUT2D eigenvalue weighted by atomic mass is 10.1. The zero-order valence-corrected chi connectivity index (χ0v) is 25.3. The number of halogens is 2. The van der Waals surface area contributed by atoms with E-state index in [4.69, 9.17) is 23.2 Å². The van der Waals surface area contributed by atoms with E-state index in [1.165, 1.54) is 48.5 Å². The van der Waals surface area contributed by atoms with Crippen LogP contribution in [-0.4, -0.2) is 62.6 Å². The van der Waals surface area contributed by atoms with Gasteiger partial charge in [0.15, 0.2) is 5.13 Å². The van der Waals surface area contributed by atoms with Crippen molar-refractivity contribution in [1.29, 1.82) is 0 Å². The van der Waals surface area contributed by atoms with E-state index in [9.17, 15) is 21.6 Å². The molecule has 0 radical (unpaired) electrons. The minimum atomic E-state index is -4.06. The number of nitrogens with zero attached hydrogens (tertiary/aromatic N) is 2. The lowest BCUT2D eigenvalue weighted by Gasteiger charge is -2.31. The number of rotatable bonds is 9. The number of anilines is 2. The van der Waals surface area contributed by atoms with Crippen LogP contribution in [0.5, 0.6) is 0 Å². The first-order valence-corrected chi connectivity index (χ1v) is 17.2. The zero-order chi connectivity index (χ0) is 28.4. The number of carbonyl (C=O) groups is 1. The van der Waals surface area contributed by atoms with Crippen molar-refractivity contribution >= 4 is 82.9 Å². The molecule has 0 saturated carbocycles. The number of sulfonamides is 1. The first kappa shape index (κ1) is 29.8. The lowest BCUT2D eigenvalue weighted by molar-refractivity contribution is 0.102. The number of thioether (sulfide) groups is 1. The van der Waals surface area contributed by atoms with Gasteiger partial charge in [-0.2, -0.15) is 11.8 Å². The molecule has 39 heavy (non-hydrogen) atoms. The highest BCUT2D eigenvalue weighted by molar-refractivity contribution is 7.99. The number of amides is 1. The molecule has 1 unspecified atom stereocenters. The van der Waals surface area contributed by atoms with Gasteiger partial charge in [0.05, 0.1) is 21.8 Å². The van der Waals surface area contributed by atoms with Crippen molar-refractivity contribution in [2.24, 2.45) is 0 Å². The average molecular weight is 648 g/mol. The van der Waals surface area contributed by atoms with Crippen LogP contribution in [0.3, 0.4) is 0 Å². The highest BCUT2D eigenvalue weighted by Gasteiger charge is 2.35. The van der Waals surface area contributed by atoms with Crippen LogP contribution < -0.4 is 10.0 Å². The van der Waals surface area contributed by atoms with E-state index in [0.717, 1.165) is 22.8 Å². The van der Waals surface area contributed by atoms with Crippen molar-refractivity contribution in [3.05, 3.63) is 76.4 Å². The molecule has 0 bridgehead atoms. The molecule has 1 saturated heterocycles. The number of nitrogens with one attached hydrogen (secondary N) is 2. The van der Waals surface area contributed by atoms with Crippen molar-refractivity contribution < 1.29 is 21.6 Å². The molecule has 4 rings (SSSR count). The second-order valence-electron chi connectivity index (χ2n) is 8.41. The normalized spacial score (nSPS) is 15.5. The van der Waals surface area contributed by atoms with Gasteiger partial charge in [0.25, 0.3) is 15.9 Å². The number of carbonyl (C=O) groups excluding carboxylic acids is 1. The Bertz CT molecular complexity index is 1600. The Hall–Kier alpha value is -2.13. The Morgan fingerprint density at radius 1 is 1.08 bits per heavy atom. The second kappa shape index (κ2) is 12.2. The summed E-state index contributed by atoms with van der Waals surface area (Å²) >= 11 is 14.5. The molecule has 1 amide bonds. The minimum Gasteiger partial charge on any atom is -0.298 e. The molecule has 1 atom stereocenters. The fraction of sp³-hybridized carbons (Fsp3) is 0.250. The van der Waals surface area contributed by atoms with Crippen molar-refractivity contribution in [2.75, 3.05) is 34.6 Å². The summed E-state index contributed by atoms with van der Waals surface area (Å²) < 4.78 is 55.2. The molecule has 2 heterocycles. The Kier molecular flexibility index (Phi) is 9.31. The predicted molar refractivity (Wildman–Crippen MR) is 159 cm³/mol. The first-order chi connectivity index (χ1) is 18.4. The summed E-state index contributed by atoms with van der Waals surface area (Å²) in [4.78, 5) is 19.3. The molecule has 1 aromatic heterocycles. The smallest absolute Gasteiger partial charge is 0.261 e. The van der Waals surface area contributed by atoms with Crippen LogP contribution in [0, 0.1) is 6.92 Å². The molecule has 0 aliphatic carbocycles. The van der Waals surface area contributed by atoms with Crippen LogP contribution in [0.15, 0.2) is 64.2 Å². The molecule has 1 fully saturated rings. The third kappa shape index (κ3) is 6.79. The largest absolute Gasteiger partial charge is 0.298 e. The van der Waals surface area contributed by atoms with E-state index in [0.29, 0.717) is 18.1 Å². The van der Waals surface area contributed by atoms with E-state index in [2.05, 4.69) is 21.6 Å². The average Bonchev–Trinajstić information content (AvgIpc) is 3.26. The Labute approximate surface area is 245 Å². The van der Waals surface area contributed by atoms with Crippen molar-refractivity contribution in [1.82, 2.24) is 9.88 Å². The van der Waals surface area contributed by atoms with E-state index in [1.54, 1.807) is 18.7 Å². The third-order valence-corrected chi connectivity index (χ3v) is 12.3. The summed E-state index contributed by atoms with van der Waals surface area (Å²) in [6, 6.07) is 9.63. The highest BCUT2D eigenvalue weighted by Crippen LogP contribution is 2.33.